The molecule has 13 heavy (non-hydrogen) atoms. The minimum atomic E-state index is 0.784. The smallest absolute Gasteiger partial charge is 0.160 e. The maximum Gasteiger partial charge on any atom is 0.160 e. The first-order valence-corrected chi connectivity index (χ1v) is 5.14. The van der Waals surface area contributed by atoms with Gasteiger partial charge in [0.25, 0.3) is 0 Å². The van der Waals surface area contributed by atoms with Crippen LogP contribution in [0.1, 0.15) is 9.67 Å². The van der Waals surface area contributed by atoms with Gasteiger partial charge in [-0.05, 0) is 6.07 Å². The summed E-state index contributed by atoms with van der Waals surface area (Å²) in [6.07, 6.45) is 0.897. The van der Waals surface area contributed by atoms with E-state index < -0.39 is 0 Å². The summed E-state index contributed by atoms with van der Waals surface area (Å²) >= 11 is 1.49. The van der Waals surface area contributed by atoms with Crippen LogP contribution in [0.4, 0.5) is 5.69 Å². The molecule has 1 saturated heterocycles. The summed E-state index contributed by atoms with van der Waals surface area (Å²) in [5.41, 5.74) is 1.15. The van der Waals surface area contributed by atoms with Gasteiger partial charge in [0.2, 0.25) is 0 Å². The number of thiophene rings is 1. The van der Waals surface area contributed by atoms with Crippen molar-refractivity contribution in [3.05, 3.63) is 16.3 Å². The van der Waals surface area contributed by atoms with Crippen LogP contribution in [0.5, 0.6) is 0 Å². The predicted octanol–water partition coefficient (Wildman–Crippen LogP) is 1.40. The van der Waals surface area contributed by atoms with Crippen molar-refractivity contribution >= 4 is 23.3 Å². The van der Waals surface area contributed by atoms with Gasteiger partial charge in [0, 0.05) is 24.2 Å². The van der Waals surface area contributed by atoms with E-state index in [1.165, 1.54) is 11.3 Å². The van der Waals surface area contributed by atoms with Crippen molar-refractivity contribution in [2.75, 3.05) is 31.2 Å². The molecule has 1 fully saturated rings. The van der Waals surface area contributed by atoms with Crippen LogP contribution in [-0.4, -0.2) is 32.6 Å². The maximum absolute atomic E-state index is 10.5. The van der Waals surface area contributed by atoms with E-state index in [1.807, 2.05) is 11.4 Å². The van der Waals surface area contributed by atoms with Crippen molar-refractivity contribution in [2.24, 2.45) is 0 Å². The molecule has 0 atom stereocenters. The Morgan fingerprint density at radius 3 is 2.85 bits per heavy atom. The summed E-state index contributed by atoms with van der Waals surface area (Å²) in [6, 6.07) is 1.93. The number of morpholine rings is 1. The van der Waals surface area contributed by atoms with Crippen molar-refractivity contribution in [2.45, 2.75) is 0 Å². The first kappa shape index (κ1) is 8.72. The summed E-state index contributed by atoms with van der Waals surface area (Å²) in [5, 5.41) is 2.02. The molecule has 0 amide bonds. The Kier molecular flexibility index (Phi) is 2.61. The van der Waals surface area contributed by atoms with E-state index >= 15 is 0 Å². The molecular formula is C9H11NO2S. The number of hydrogen-bond donors (Lipinski definition) is 0. The maximum atomic E-state index is 10.5. The number of carbonyl (C=O) groups excluding carboxylic acids is 1. The minimum Gasteiger partial charge on any atom is -0.378 e. The van der Waals surface area contributed by atoms with Crippen molar-refractivity contribution in [3.8, 4) is 0 Å². The van der Waals surface area contributed by atoms with Crippen LogP contribution in [0.3, 0.4) is 0 Å². The van der Waals surface area contributed by atoms with E-state index in [0.717, 1.165) is 43.2 Å². The molecule has 1 aromatic rings. The highest BCUT2D eigenvalue weighted by molar-refractivity contribution is 7.12. The van der Waals surface area contributed by atoms with Gasteiger partial charge >= 0.3 is 0 Å². The molecule has 0 unspecified atom stereocenters. The SMILES string of the molecule is O=Cc1cc(N2CCOCC2)cs1. The number of aldehydes is 1. The third-order valence-electron chi connectivity index (χ3n) is 2.10. The van der Waals surface area contributed by atoms with E-state index in [-0.39, 0.29) is 0 Å². The minimum absolute atomic E-state index is 0.784. The molecule has 0 saturated carbocycles. The van der Waals surface area contributed by atoms with Crippen LogP contribution < -0.4 is 4.90 Å². The Hall–Kier alpha value is -0.870. The van der Waals surface area contributed by atoms with Crippen molar-refractivity contribution < 1.29 is 9.53 Å². The molecule has 0 aliphatic carbocycles. The Morgan fingerprint density at radius 2 is 2.23 bits per heavy atom. The first-order valence-electron chi connectivity index (χ1n) is 4.26. The highest BCUT2D eigenvalue weighted by Crippen LogP contribution is 2.22. The quantitative estimate of drug-likeness (QED) is 0.671. The molecule has 0 bridgehead atoms. The molecule has 0 aromatic carbocycles. The van der Waals surface area contributed by atoms with Crippen molar-refractivity contribution in [1.82, 2.24) is 0 Å². The van der Waals surface area contributed by atoms with Gasteiger partial charge in [0.1, 0.15) is 0 Å². The number of rotatable bonds is 2. The molecule has 1 aromatic heterocycles. The van der Waals surface area contributed by atoms with Crippen LogP contribution in [0, 0.1) is 0 Å². The molecule has 2 rings (SSSR count). The molecule has 70 valence electrons. The van der Waals surface area contributed by atoms with Gasteiger partial charge in [-0.1, -0.05) is 0 Å². The van der Waals surface area contributed by atoms with Crippen LogP contribution in [-0.2, 0) is 4.74 Å². The van der Waals surface area contributed by atoms with Crippen molar-refractivity contribution in [3.63, 3.8) is 0 Å². The van der Waals surface area contributed by atoms with E-state index in [9.17, 15) is 4.79 Å². The monoisotopic (exact) mass is 197 g/mol. The molecule has 3 nitrogen and oxygen atoms in total. The van der Waals surface area contributed by atoms with Gasteiger partial charge in [-0.25, -0.2) is 0 Å². The van der Waals surface area contributed by atoms with E-state index in [4.69, 9.17) is 4.74 Å². The Labute approximate surface area is 80.9 Å². The fraction of sp³-hybridized carbons (Fsp3) is 0.444. The lowest BCUT2D eigenvalue weighted by molar-refractivity contribution is 0.112. The first-order chi connectivity index (χ1) is 6.40. The predicted molar refractivity (Wildman–Crippen MR) is 52.7 cm³/mol. The summed E-state index contributed by atoms with van der Waals surface area (Å²) in [5.74, 6) is 0. The van der Waals surface area contributed by atoms with E-state index in [0.29, 0.717) is 0 Å². The molecule has 1 aliphatic rings. The number of hydrogen-bond acceptors (Lipinski definition) is 4. The normalized spacial score (nSPS) is 17.4. The summed E-state index contributed by atoms with van der Waals surface area (Å²) in [6.45, 7) is 3.42. The molecule has 1 aliphatic heterocycles. The summed E-state index contributed by atoms with van der Waals surface area (Å²) < 4.78 is 5.25. The third kappa shape index (κ3) is 1.89. The molecule has 0 spiro atoms. The molecule has 0 radical (unpaired) electrons. The Morgan fingerprint density at radius 1 is 1.46 bits per heavy atom. The van der Waals surface area contributed by atoms with Crippen LogP contribution in [0.15, 0.2) is 11.4 Å². The average Bonchev–Trinajstić information content (AvgIpc) is 2.67. The van der Waals surface area contributed by atoms with Crippen LogP contribution in [0.2, 0.25) is 0 Å². The zero-order valence-corrected chi connectivity index (χ0v) is 8.05. The lowest BCUT2D eigenvalue weighted by Crippen LogP contribution is -2.35. The molecule has 2 heterocycles. The number of ether oxygens (including phenoxy) is 1. The lowest BCUT2D eigenvalue weighted by atomic mass is 10.3. The average molecular weight is 197 g/mol. The highest BCUT2D eigenvalue weighted by Gasteiger charge is 2.12. The zero-order valence-electron chi connectivity index (χ0n) is 7.23. The second-order valence-electron chi connectivity index (χ2n) is 2.92. The standard InChI is InChI=1S/C9H11NO2S/c11-6-9-5-8(7-13-9)10-1-3-12-4-2-10/h5-7H,1-4H2. The fourth-order valence-corrected chi connectivity index (χ4v) is 2.11. The Balaban J connectivity index is 2.09. The van der Waals surface area contributed by atoms with Gasteiger partial charge in [-0.3, -0.25) is 4.79 Å². The van der Waals surface area contributed by atoms with Gasteiger partial charge in [0.15, 0.2) is 6.29 Å². The van der Waals surface area contributed by atoms with Crippen LogP contribution >= 0.6 is 11.3 Å². The van der Waals surface area contributed by atoms with Gasteiger partial charge in [0.05, 0.1) is 18.1 Å². The summed E-state index contributed by atoms with van der Waals surface area (Å²) in [4.78, 5) is 13.5. The van der Waals surface area contributed by atoms with Gasteiger partial charge in [-0.15, -0.1) is 11.3 Å². The largest absolute Gasteiger partial charge is 0.378 e. The number of nitrogens with zero attached hydrogens (tertiary/aromatic N) is 1. The molecule has 0 N–H and O–H groups in total. The third-order valence-corrected chi connectivity index (χ3v) is 2.94. The second kappa shape index (κ2) is 3.89. The molecule has 4 heteroatoms. The number of carbonyl (C=O) groups is 1. The van der Waals surface area contributed by atoms with Gasteiger partial charge in [-0.2, -0.15) is 0 Å². The lowest BCUT2D eigenvalue weighted by Gasteiger charge is -2.27. The topological polar surface area (TPSA) is 29.5 Å². The van der Waals surface area contributed by atoms with Crippen molar-refractivity contribution in [1.29, 1.82) is 0 Å². The van der Waals surface area contributed by atoms with E-state index in [2.05, 4.69) is 4.90 Å². The number of anilines is 1. The fourth-order valence-electron chi connectivity index (χ4n) is 1.39. The zero-order chi connectivity index (χ0) is 9.10. The molecular weight excluding hydrogens is 186 g/mol. The second-order valence-corrected chi connectivity index (χ2v) is 3.87. The van der Waals surface area contributed by atoms with Crippen LogP contribution in [0.25, 0.3) is 0 Å². The summed E-state index contributed by atoms with van der Waals surface area (Å²) in [7, 11) is 0. The Bertz CT molecular complexity index is 292. The van der Waals surface area contributed by atoms with E-state index in [1.54, 1.807) is 0 Å². The highest BCUT2D eigenvalue weighted by atomic mass is 32.1. The van der Waals surface area contributed by atoms with Gasteiger partial charge < -0.3 is 9.64 Å².